The molecule has 0 aliphatic heterocycles. The summed E-state index contributed by atoms with van der Waals surface area (Å²) in [4.78, 5) is 17.4. The molecule has 1 aromatic heterocycles. The number of thiazole rings is 1. The van der Waals surface area contributed by atoms with Crippen molar-refractivity contribution in [3.05, 3.63) is 34.8 Å². The second-order valence-electron chi connectivity index (χ2n) is 5.32. The molecule has 1 N–H and O–H groups in total. The number of benzene rings is 1. The van der Waals surface area contributed by atoms with Crippen molar-refractivity contribution in [1.82, 2.24) is 10.3 Å². The van der Waals surface area contributed by atoms with Crippen LogP contribution in [0.2, 0.25) is 0 Å². The van der Waals surface area contributed by atoms with Gasteiger partial charge in [0.05, 0.1) is 12.8 Å². The van der Waals surface area contributed by atoms with Gasteiger partial charge in [-0.25, -0.2) is 4.98 Å². The predicted octanol–water partition coefficient (Wildman–Crippen LogP) is 3.27. The zero-order chi connectivity index (χ0) is 14.8. The van der Waals surface area contributed by atoms with Crippen molar-refractivity contribution in [3.8, 4) is 16.3 Å². The van der Waals surface area contributed by atoms with Crippen LogP contribution in [0.1, 0.15) is 28.2 Å². The highest BCUT2D eigenvalue weighted by molar-refractivity contribution is 7.17. The molecule has 1 aromatic carbocycles. The van der Waals surface area contributed by atoms with E-state index < -0.39 is 0 Å². The van der Waals surface area contributed by atoms with Crippen LogP contribution in [0.15, 0.2) is 24.3 Å². The molecule has 3 rings (SSSR count). The van der Waals surface area contributed by atoms with E-state index in [1.54, 1.807) is 7.11 Å². The van der Waals surface area contributed by atoms with Crippen molar-refractivity contribution in [3.63, 3.8) is 0 Å². The van der Waals surface area contributed by atoms with Gasteiger partial charge in [-0.1, -0.05) is 0 Å². The van der Waals surface area contributed by atoms with E-state index in [-0.39, 0.29) is 5.91 Å². The number of hydrogen-bond donors (Lipinski definition) is 1. The Hall–Kier alpha value is -1.88. The summed E-state index contributed by atoms with van der Waals surface area (Å²) < 4.78 is 5.15. The Labute approximate surface area is 128 Å². The first-order chi connectivity index (χ1) is 10.2. The first-order valence-electron chi connectivity index (χ1n) is 7.07. The summed E-state index contributed by atoms with van der Waals surface area (Å²) in [5.74, 6) is 1.49. The summed E-state index contributed by atoms with van der Waals surface area (Å²) in [7, 11) is 1.64. The first-order valence-corrected chi connectivity index (χ1v) is 7.89. The second-order valence-corrected chi connectivity index (χ2v) is 6.31. The number of hydrogen-bond acceptors (Lipinski definition) is 4. The fourth-order valence-electron chi connectivity index (χ4n) is 2.10. The molecule has 0 atom stereocenters. The molecule has 110 valence electrons. The van der Waals surface area contributed by atoms with Crippen molar-refractivity contribution < 1.29 is 9.53 Å². The van der Waals surface area contributed by atoms with Crippen LogP contribution in [0.3, 0.4) is 0 Å². The standard InChI is InChI=1S/C16H18N2O2S/c1-10-14(15(19)17-9-11-3-4-11)21-16(18-10)12-5-7-13(20-2)8-6-12/h5-8,11H,3-4,9H2,1-2H3,(H,17,19). The van der Waals surface area contributed by atoms with E-state index in [0.29, 0.717) is 10.8 Å². The van der Waals surface area contributed by atoms with Crippen molar-refractivity contribution in [2.75, 3.05) is 13.7 Å². The minimum Gasteiger partial charge on any atom is -0.497 e. The van der Waals surface area contributed by atoms with E-state index in [0.717, 1.165) is 28.6 Å². The third-order valence-electron chi connectivity index (χ3n) is 3.59. The molecule has 2 aromatic rings. The summed E-state index contributed by atoms with van der Waals surface area (Å²) in [6, 6.07) is 7.73. The monoisotopic (exact) mass is 302 g/mol. The smallest absolute Gasteiger partial charge is 0.263 e. The van der Waals surface area contributed by atoms with Gasteiger partial charge in [-0.3, -0.25) is 4.79 Å². The molecule has 21 heavy (non-hydrogen) atoms. The Morgan fingerprint density at radius 3 is 2.71 bits per heavy atom. The lowest BCUT2D eigenvalue weighted by atomic mass is 10.2. The van der Waals surface area contributed by atoms with Gasteiger partial charge in [0.25, 0.3) is 5.91 Å². The first kappa shape index (κ1) is 14.1. The van der Waals surface area contributed by atoms with Gasteiger partial charge in [-0.15, -0.1) is 11.3 Å². The Balaban J connectivity index is 1.77. The lowest BCUT2D eigenvalue weighted by molar-refractivity contribution is 0.0955. The van der Waals surface area contributed by atoms with Gasteiger partial charge < -0.3 is 10.1 Å². The highest BCUT2D eigenvalue weighted by Crippen LogP contribution is 2.30. The van der Waals surface area contributed by atoms with Crippen molar-refractivity contribution in [2.24, 2.45) is 5.92 Å². The minimum atomic E-state index is -0.00309. The van der Waals surface area contributed by atoms with Gasteiger partial charge in [0.2, 0.25) is 0 Å². The van der Waals surface area contributed by atoms with Crippen LogP contribution in [0.25, 0.3) is 10.6 Å². The third-order valence-corrected chi connectivity index (χ3v) is 4.79. The Morgan fingerprint density at radius 1 is 1.38 bits per heavy atom. The van der Waals surface area contributed by atoms with E-state index in [2.05, 4.69) is 10.3 Å². The number of methoxy groups -OCH3 is 1. The molecule has 1 aliphatic rings. The third kappa shape index (κ3) is 3.24. The molecule has 1 amide bonds. The highest BCUT2D eigenvalue weighted by Gasteiger charge is 2.23. The molecule has 5 heteroatoms. The summed E-state index contributed by atoms with van der Waals surface area (Å²) in [6.07, 6.45) is 2.47. The van der Waals surface area contributed by atoms with E-state index in [1.807, 2.05) is 31.2 Å². The Kier molecular flexibility index (Phi) is 3.92. The van der Waals surface area contributed by atoms with Crippen LogP contribution < -0.4 is 10.1 Å². The lowest BCUT2D eigenvalue weighted by Crippen LogP contribution is -2.25. The van der Waals surface area contributed by atoms with Gasteiger partial charge in [0.15, 0.2) is 0 Å². The quantitative estimate of drug-likeness (QED) is 0.922. The van der Waals surface area contributed by atoms with Crippen LogP contribution >= 0.6 is 11.3 Å². The summed E-state index contributed by atoms with van der Waals surface area (Å²) in [5, 5.41) is 3.86. The van der Waals surface area contributed by atoms with Gasteiger partial charge in [0, 0.05) is 12.1 Å². The van der Waals surface area contributed by atoms with Crippen molar-refractivity contribution >= 4 is 17.2 Å². The van der Waals surface area contributed by atoms with Crippen LogP contribution in [0, 0.1) is 12.8 Å². The normalized spacial score (nSPS) is 14.0. The number of amides is 1. The largest absolute Gasteiger partial charge is 0.497 e. The number of ether oxygens (including phenoxy) is 1. The topological polar surface area (TPSA) is 51.2 Å². The molecule has 1 fully saturated rings. The summed E-state index contributed by atoms with van der Waals surface area (Å²) >= 11 is 1.44. The average molecular weight is 302 g/mol. The molecule has 1 saturated carbocycles. The SMILES string of the molecule is COc1ccc(-c2nc(C)c(C(=O)NCC3CC3)s2)cc1. The van der Waals surface area contributed by atoms with E-state index in [9.17, 15) is 4.79 Å². The maximum atomic E-state index is 12.2. The molecule has 0 radical (unpaired) electrons. The number of nitrogens with one attached hydrogen (secondary N) is 1. The van der Waals surface area contributed by atoms with Crippen molar-refractivity contribution in [1.29, 1.82) is 0 Å². The molecule has 0 saturated heterocycles. The average Bonchev–Trinajstić information content (AvgIpc) is 3.26. The number of rotatable bonds is 5. The predicted molar refractivity (Wildman–Crippen MR) is 83.9 cm³/mol. The molecule has 1 aliphatic carbocycles. The van der Waals surface area contributed by atoms with Crippen LogP contribution in [-0.2, 0) is 0 Å². The number of aromatic nitrogens is 1. The van der Waals surface area contributed by atoms with Gasteiger partial charge in [0.1, 0.15) is 15.6 Å². The molecule has 1 heterocycles. The van der Waals surface area contributed by atoms with Crippen molar-refractivity contribution in [2.45, 2.75) is 19.8 Å². The highest BCUT2D eigenvalue weighted by atomic mass is 32.1. The molecule has 4 nitrogen and oxygen atoms in total. The minimum absolute atomic E-state index is 0.00309. The maximum Gasteiger partial charge on any atom is 0.263 e. The summed E-state index contributed by atoms with van der Waals surface area (Å²) in [5.41, 5.74) is 1.80. The Bertz CT molecular complexity index is 645. The number of aryl methyl sites for hydroxylation is 1. The fraction of sp³-hybridized carbons (Fsp3) is 0.375. The zero-order valence-corrected chi connectivity index (χ0v) is 13.0. The van der Waals surface area contributed by atoms with Gasteiger partial charge >= 0.3 is 0 Å². The number of nitrogens with zero attached hydrogens (tertiary/aromatic N) is 1. The zero-order valence-electron chi connectivity index (χ0n) is 12.2. The molecule has 0 unspecified atom stereocenters. The second kappa shape index (κ2) is 5.85. The molecule has 0 bridgehead atoms. The number of carbonyl (C=O) groups excluding carboxylic acids is 1. The van der Waals surface area contributed by atoms with E-state index >= 15 is 0 Å². The van der Waals surface area contributed by atoms with E-state index in [1.165, 1.54) is 24.2 Å². The van der Waals surface area contributed by atoms with E-state index in [4.69, 9.17) is 4.74 Å². The van der Waals surface area contributed by atoms with Crippen LogP contribution in [0.5, 0.6) is 5.75 Å². The summed E-state index contributed by atoms with van der Waals surface area (Å²) in [6.45, 7) is 2.67. The molecular weight excluding hydrogens is 284 g/mol. The molecular formula is C16H18N2O2S. The fourth-order valence-corrected chi connectivity index (χ4v) is 3.09. The molecule has 0 spiro atoms. The van der Waals surface area contributed by atoms with Gasteiger partial charge in [-0.05, 0) is 49.9 Å². The number of carbonyl (C=O) groups is 1. The van der Waals surface area contributed by atoms with Gasteiger partial charge in [-0.2, -0.15) is 0 Å². The van der Waals surface area contributed by atoms with Crippen LogP contribution in [0.4, 0.5) is 0 Å². The Morgan fingerprint density at radius 2 is 2.10 bits per heavy atom. The van der Waals surface area contributed by atoms with Crippen LogP contribution in [-0.4, -0.2) is 24.5 Å². The maximum absolute atomic E-state index is 12.2. The lowest BCUT2D eigenvalue weighted by Gasteiger charge is -2.01.